The lowest BCUT2D eigenvalue weighted by Crippen LogP contribution is -2.60. The molecule has 7 rings (SSSR count). The second-order valence-corrected chi connectivity index (χ2v) is 17.2. The summed E-state index contributed by atoms with van der Waals surface area (Å²) in [6.45, 7) is 13.9. The van der Waals surface area contributed by atoms with Gasteiger partial charge in [-0.05, 0) is 95.8 Å². The standard InChI is InChI=1S/C35H51FN8O4S.ClH/c1-23(2)44(24(3)4)34(45)30-13-26(36)5-6-31(30)48-32-16-37-22-39-33(32)42-12-9-25(18-42)17-41-20-35(21-41)10-7-27(8-11-35)40-49(46,47)43-19-28-14-29(43)15-38-28;/h5-6,13,16,22-25,27-29,38,40H,7-12,14-15,17-21H2,1-4H3;1H/t25-,28-,29-;/m0./s1. The molecule has 4 saturated heterocycles. The van der Waals surface area contributed by atoms with Gasteiger partial charge in [-0.2, -0.15) is 17.4 Å². The molecule has 15 heteroatoms. The SMILES string of the molecule is CC(C)N(C(=O)c1cc(F)ccc1Oc1cncnc1N1CC[C@@H](CN2CC3(CCC(NS(=O)(=O)N4C[C@@H]5C[C@H]4CN5)CC3)C2)C1)C(C)C.Cl. The Balaban J connectivity index is 0.00000432. The van der Waals surface area contributed by atoms with Crippen LogP contribution in [0.5, 0.6) is 11.5 Å². The van der Waals surface area contributed by atoms with Crippen molar-refractivity contribution in [1.29, 1.82) is 0 Å². The fraction of sp³-hybridized carbons (Fsp3) is 0.686. The summed E-state index contributed by atoms with van der Waals surface area (Å²) in [6.07, 6.45) is 8.98. The first-order valence-corrected chi connectivity index (χ1v) is 19.4. The number of nitrogens with one attached hydrogen (secondary N) is 2. The molecule has 3 atom stereocenters. The minimum atomic E-state index is -3.43. The molecule has 2 bridgehead atoms. The first-order valence-electron chi connectivity index (χ1n) is 18.0. The Bertz CT molecular complexity index is 1630. The number of amides is 1. The number of benzene rings is 1. The summed E-state index contributed by atoms with van der Waals surface area (Å²) in [5.74, 6) is 1.08. The zero-order chi connectivity index (χ0) is 34.5. The topological polar surface area (TPSA) is 123 Å². The van der Waals surface area contributed by atoms with E-state index >= 15 is 0 Å². The number of piperazine rings is 1. The number of hydrogen-bond donors (Lipinski definition) is 2. The normalized spacial score (nSPS) is 25.3. The minimum absolute atomic E-state index is 0. The molecule has 2 N–H and O–H groups in total. The molecule has 50 heavy (non-hydrogen) atoms. The predicted molar refractivity (Wildman–Crippen MR) is 193 cm³/mol. The smallest absolute Gasteiger partial charge is 0.280 e. The summed E-state index contributed by atoms with van der Waals surface area (Å²) in [6, 6.07) is 4.34. The van der Waals surface area contributed by atoms with Crippen LogP contribution in [0.2, 0.25) is 0 Å². The highest BCUT2D eigenvalue weighted by Crippen LogP contribution is 2.45. The number of anilines is 1. The molecule has 1 aromatic carbocycles. The Morgan fingerprint density at radius 2 is 1.86 bits per heavy atom. The maximum absolute atomic E-state index is 14.4. The molecule has 5 aliphatic rings. The van der Waals surface area contributed by atoms with E-state index in [2.05, 4.69) is 29.8 Å². The van der Waals surface area contributed by atoms with Gasteiger partial charge in [0.05, 0.1) is 11.8 Å². The van der Waals surface area contributed by atoms with Gasteiger partial charge in [0.25, 0.3) is 16.1 Å². The molecule has 5 fully saturated rings. The third-order valence-corrected chi connectivity index (χ3v) is 13.0. The Morgan fingerprint density at radius 3 is 2.52 bits per heavy atom. The van der Waals surface area contributed by atoms with Crippen LogP contribution in [0.1, 0.15) is 76.6 Å². The quantitative estimate of drug-likeness (QED) is 0.352. The fourth-order valence-corrected chi connectivity index (χ4v) is 10.8. The van der Waals surface area contributed by atoms with Crippen molar-refractivity contribution < 1.29 is 22.3 Å². The summed E-state index contributed by atoms with van der Waals surface area (Å²) >= 11 is 0. The summed E-state index contributed by atoms with van der Waals surface area (Å²) in [5, 5.41) is 3.38. The summed E-state index contributed by atoms with van der Waals surface area (Å²) < 4.78 is 51.6. The molecule has 1 saturated carbocycles. The summed E-state index contributed by atoms with van der Waals surface area (Å²) in [5.41, 5.74) is 0.473. The Labute approximate surface area is 302 Å². The van der Waals surface area contributed by atoms with Crippen molar-refractivity contribution in [1.82, 2.24) is 34.1 Å². The first-order chi connectivity index (χ1) is 23.4. The lowest BCUT2D eigenvalue weighted by atomic mass is 9.67. The molecule has 2 aromatic rings. The van der Waals surface area contributed by atoms with Gasteiger partial charge in [0.2, 0.25) is 0 Å². The van der Waals surface area contributed by atoms with Crippen molar-refractivity contribution in [3.8, 4) is 11.5 Å². The van der Waals surface area contributed by atoms with Crippen LogP contribution in [0, 0.1) is 17.2 Å². The van der Waals surface area contributed by atoms with Crippen LogP contribution in [-0.2, 0) is 10.2 Å². The van der Waals surface area contributed by atoms with E-state index in [0.717, 1.165) is 77.8 Å². The van der Waals surface area contributed by atoms with Crippen LogP contribution in [0.15, 0.2) is 30.7 Å². The van der Waals surface area contributed by atoms with Crippen molar-refractivity contribution in [2.75, 3.05) is 50.7 Å². The second-order valence-electron chi connectivity index (χ2n) is 15.6. The zero-order valence-electron chi connectivity index (χ0n) is 29.6. The Kier molecular flexibility index (Phi) is 11.0. The van der Waals surface area contributed by atoms with Crippen LogP contribution < -0.4 is 19.7 Å². The third-order valence-electron chi connectivity index (χ3n) is 11.3. The average molecular weight is 735 g/mol. The Hall–Kier alpha value is -2.62. The van der Waals surface area contributed by atoms with E-state index in [1.165, 1.54) is 24.5 Å². The van der Waals surface area contributed by atoms with Crippen LogP contribution in [0.4, 0.5) is 10.2 Å². The number of carbonyl (C=O) groups excluding carboxylic acids is 1. The monoisotopic (exact) mass is 734 g/mol. The number of nitrogens with zero attached hydrogens (tertiary/aromatic N) is 6. The number of aromatic nitrogens is 2. The highest BCUT2D eigenvalue weighted by molar-refractivity contribution is 7.87. The fourth-order valence-electron chi connectivity index (χ4n) is 9.03. The highest BCUT2D eigenvalue weighted by Gasteiger charge is 2.48. The van der Waals surface area contributed by atoms with Gasteiger partial charge in [0.15, 0.2) is 11.6 Å². The van der Waals surface area contributed by atoms with Gasteiger partial charge in [0, 0.05) is 76.0 Å². The number of rotatable bonds is 11. The van der Waals surface area contributed by atoms with E-state index in [1.54, 1.807) is 15.4 Å². The van der Waals surface area contributed by atoms with E-state index in [-0.39, 0.29) is 53.8 Å². The summed E-state index contributed by atoms with van der Waals surface area (Å²) in [4.78, 5) is 28.8. The van der Waals surface area contributed by atoms with Gasteiger partial charge in [0.1, 0.15) is 17.9 Å². The predicted octanol–water partition coefficient (Wildman–Crippen LogP) is 4.04. The van der Waals surface area contributed by atoms with Crippen LogP contribution in [0.3, 0.4) is 0 Å². The number of fused-ring (bicyclic) bond motifs is 2. The van der Waals surface area contributed by atoms with E-state index in [4.69, 9.17) is 4.74 Å². The van der Waals surface area contributed by atoms with E-state index in [1.807, 2.05) is 27.7 Å². The van der Waals surface area contributed by atoms with Gasteiger partial charge in [-0.15, -0.1) is 12.4 Å². The van der Waals surface area contributed by atoms with Crippen molar-refractivity contribution >= 4 is 34.3 Å². The van der Waals surface area contributed by atoms with Crippen molar-refractivity contribution in [2.24, 2.45) is 11.3 Å². The minimum Gasteiger partial charge on any atom is -0.451 e. The molecule has 276 valence electrons. The largest absolute Gasteiger partial charge is 0.451 e. The molecule has 12 nitrogen and oxygen atoms in total. The molecular weight excluding hydrogens is 683 g/mol. The maximum atomic E-state index is 14.4. The van der Waals surface area contributed by atoms with Gasteiger partial charge >= 0.3 is 0 Å². The number of hydrogen-bond acceptors (Lipinski definition) is 9. The lowest BCUT2D eigenvalue weighted by molar-refractivity contribution is -0.0387. The number of halogens is 2. The van der Waals surface area contributed by atoms with E-state index in [9.17, 15) is 17.6 Å². The summed E-state index contributed by atoms with van der Waals surface area (Å²) in [7, 11) is -3.43. The maximum Gasteiger partial charge on any atom is 0.280 e. The van der Waals surface area contributed by atoms with Gasteiger partial charge < -0.3 is 24.8 Å². The lowest BCUT2D eigenvalue weighted by Gasteiger charge is -2.54. The molecule has 1 spiro atoms. The van der Waals surface area contributed by atoms with Crippen LogP contribution in [-0.4, -0.2) is 114 Å². The molecule has 5 heterocycles. The highest BCUT2D eigenvalue weighted by atomic mass is 35.5. The second kappa shape index (κ2) is 14.8. The van der Waals surface area contributed by atoms with E-state index in [0.29, 0.717) is 35.5 Å². The number of ether oxygens (including phenoxy) is 1. The molecule has 0 unspecified atom stereocenters. The van der Waals surface area contributed by atoms with E-state index < -0.39 is 16.0 Å². The number of carbonyl (C=O) groups is 1. The molecular formula is C35H52ClFN8O4S. The first kappa shape index (κ1) is 37.1. The number of likely N-dealkylation sites (tertiary alicyclic amines) is 1. The van der Waals surface area contributed by atoms with Crippen LogP contribution >= 0.6 is 12.4 Å². The zero-order valence-corrected chi connectivity index (χ0v) is 31.2. The molecule has 4 aliphatic heterocycles. The van der Waals surface area contributed by atoms with Crippen LogP contribution in [0.25, 0.3) is 0 Å². The average Bonchev–Trinajstić information content (AvgIpc) is 3.80. The van der Waals surface area contributed by atoms with Gasteiger partial charge in [-0.25, -0.2) is 14.4 Å². The van der Waals surface area contributed by atoms with Crippen molar-refractivity contribution in [2.45, 2.75) is 96.4 Å². The third kappa shape index (κ3) is 7.61. The Morgan fingerprint density at radius 1 is 1.12 bits per heavy atom. The van der Waals surface area contributed by atoms with Gasteiger partial charge in [-0.3, -0.25) is 4.79 Å². The molecule has 1 amide bonds. The molecule has 1 aliphatic carbocycles. The van der Waals surface area contributed by atoms with Crippen molar-refractivity contribution in [3.05, 3.63) is 42.1 Å². The molecule has 0 radical (unpaired) electrons. The van der Waals surface area contributed by atoms with Crippen molar-refractivity contribution in [3.63, 3.8) is 0 Å². The van der Waals surface area contributed by atoms with Gasteiger partial charge in [-0.1, -0.05) is 0 Å². The molecule has 1 aromatic heterocycles.